The van der Waals surface area contributed by atoms with E-state index in [0.717, 1.165) is 18.9 Å². The number of aromatic carboxylic acids is 1. The highest BCUT2D eigenvalue weighted by molar-refractivity contribution is 5.89. The molecule has 162 valence electrons. The van der Waals surface area contributed by atoms with Crippen molar-refractivity contribution in [2.75, 3.05) is 7.11 Å². The summed E-state index contributed by atoms with van der Waals surface area (Å²) in [5.74, 6) is -1.35. The van der Waals surface area contributed by atoms with Crippen LogP contribution in [0.3, 0.4) is 0 Å². The predicted octanol–water partition coefficient (Wildman–Crippen LogP) is 5.88. The van der Waals surface area contributed by atoms with Crippen molar-refractivity contribution in [2.24, 2.45) is 0 Å². The summed E-state index contributed by atoms with van der Waals surface area (Å²) in [7, 11) is 1.18. The molecule has 0 bridgehead atoms. The zero-order valence-electron chi connectivity index (χ0n) is 17.0. The maximum absolute atomic E-state index is 13.5. The van der Waals surface area contributed by atoms with Crippen LogP contribution in [0.5, 0.6) is 5.75 Å². The fourth-order valence-electron chi connectivity index (χ4n) is 3.16. The number of methoxy groups -OCH3 is 1. The first-order valence-corrected chi connectivity index (χ1v) is 9.69. The van der Waals surface area contributed by atoms with E-state index in [0.29, 0.717) is 23.4 Å². The van der Waals surface area contributed by atoms with Gasteiger partial charge in [-0.15, -0.1) is 0 Å². The van der Waals surface area contributed by atoms with E-state index >= 15 is 0 Å². The summed E-state index contributed by atoms with van der Waals surface area (Å²) in [6, 6.07) is 9.75. The van der Waals surface area contributed by atoms with E-state index in [1.54, 1.807) is 18.3 Å². The van der Waals surface area contributed by atoms with Crippen LogP contribution >= 0.6 is 0 Å². The lowest BCUT2D eigenvalue weighted by atomic mass is 10.00. The zero-order valence-corrected chi connectivity index (χ0v) is 17.0. The third-order valence-electron chi connectivity index (χ3n) is 4.79. The molecule has 0 aliphatic rings. The zero-order chi connectivity index (χ0) is 22.6. The molecule has 31 heavy (non-hydrogen) atoms. The number of carboxylic acid groups (broad SMARTS) is 1. The highest BCUT2D eigenvalue weighted by Gasteiger charge is 2.35. The van der Waals surface area contributed by atoms with E-state index in [9.17, 15) is 18.0 Å². The Morgan fingerprint density at radius 2 is 1.74 bits per heavy atom. The number of carboxylic acids is 1. The molecule has 3 aromatic rings. The number of nitrogens with zero attached hydrogens (tertiary/aromatic N) is 2. The van der Waals surface area contributed by atoms with Crippen LogP contribution in [-0.4, -0.2) is 28.2 Å². The van der Waals surface area contributed by atoms with Gasteiger partial charge in [-0.25, -0.2) is 9.78 Å². The van der Waals surface area contributed by atoms with Crippen molar-refractivity contribution in [3.8, 4) is 28.3 Å². The summed E-state index contributed by atoms with van der Waals surface area (Å²) in [6.45, 7) is 2.04. The number of benzene rings is 2. The molecule has 0 saturated heterocycles. The Kier molecular flexibility index (Phi) is 6.58. The van der Waals surface area contributed by atoms with E-state index in [1.807, 2.05) is 6.92 Å². The van der Waals surface area contributed by atoms with Gasteiger partial charge in [-0.1, -0.05) is 25.5 Å². The Morgan fingerprint density at radius 3 is 2.32 bits per heavy atom. The van der Waals surface area contributed by atoms with Crippen LogP contribution in [0.1, 0.15) is 41.4 Å². The molecular formula is C23H21F3N2O3. The summed E-state index contributed by atoms with van der Waals surface area (Å²) < 4.78 is 45.4. The fraction of sp³-hybridized carbons (Fsp3) is 0.261. The SMILES string of the molecule is CCCCc1cnc(-c2ccc(OC)c(C(F)(F)F)c2)c(-c2ccc(C(=O)O)cc2)n1. The average molecular weight is 430 g/mol. The Morgan fingerprint density at radius 1 is 1.06 bits per heavy atom. The number of carbonyl (C=O) groups is 1. The van der Waals surface area contributed by atoms with Gasteiger partial charge in [-0.05, 0) is 43.2 Å². The molecule has 0 unspecified atom stereocenters. The van der Waals surface area contributed by atoms with E-state index < -0.39 is 17.7 Å². The molecule has 0 amide bonds. The average Bonchev–Trinajstić information content (AvgIpc) is 2.76. The number of rotatable bonds is 7. The Labute approximate surface area is 177 Å². The molecular weight excluding hydrogens is 409 g/mol. The fourth-order valence-corrected chi connectivity index (χ4v) is 3.16. The van der Waals surface area contributed by atoms with Crippen molar-refractivity contribution >= 4 is 5.97 Å². The molecule has 1 aromatic heterocycles. The summed E-state index contributed by atoms with van der Waals surface area (Å²) in [4.78, 5) is 20.2. The van der Waals surface area contributed by atoms with E-state index in [2.05, 4.69) is 9.97 Å². The molecule has 8 heteroatoms. The van der Waals surface area contributed by atoms with E-state index in [4.69, 9.17) is 9.84 Å². The highest BCUT2D eigenvalue weighted by Crippen LogP contribution is 2.39. The monoisotopic (exact) mass is 430 g/mol. The van der Waals surface area contributed by atoms with Crippen LogP contribution in [0.15, 0.2) is 48.7 Å². The van der Waals surface area contributed by atoms with Gasteiger partial charge in [-0.3, -0.25) is 4.98 Å². The third-order valence-corrected chi connectivity index (χ3v) is 4.79. The number of aromatic nitrogens is 2. The van der Waals surface area contributed by atoms with Gasteiger partial charge in [-0.2, -0.15) is 13.2 Å². The molecule has 0 atom stereocenters. The van der Waals surface area contributed by atoms with Gasteiger partial charge in [0.2, 0.25) is 0 Å². The summed E-state index contributed by atoms with van der Waals surface area (Å²) in [6.07, 6.45) is -0.497. The van der Waals surface area contributed by atoms with Crippen molar-refractivity contribution in [3.63, 3.8) is 0 Å². The van der Waals surface area contributed by atoms with Crippen molar-refractivity contribution in [1.29, 1.82) is 0 Å². The first-order chi connectivity index (χ1) is 14.7. The number of aryl methyl sites for hydroxylation is 1. The second-order valence-electron chi connectivity index (χ2n) is 6.96. The van der Waals surface area contributed by atoms with Crippen molar-refractivity contribution in [3.05, 3.63) is 65.5 Å². The number of alkyl halides is 3. The smallest absolute Gasteiger partial charge is 0.419 e. The molecule has 0 saturated carbocycles. The predicted molar refractivity (Wildman–Crippen MR) is 110 cm³/mol. The first-order valence-electron chi connectivity index (χ1n) is 9.69. The topological polar surface area (TPSA) is 72.3 Å². The third kappa shape index (κ3) is 5.02. The standard InChI is InChI=1S/C23H21F3N2O3/c1-3-4-5-17-13-27-20(16-10-11-19(31-2)18(12-16)23(24,25)26)21(28-17)14-6-8-15(9-7-14)22(29)30/h6-13H,3-5H2,1-2H3,(H,29,30). The second kappa shape index (κ2) is 9.16. The van der Waals surface area contributed by atoms with E-state index in [-0.39, 0.29) is 22.6 Å². The van der Waals surface area contributed by atoms with Crippen LogP contribution in [-0.2, 0) is 12.6 Å². The molecule has 0 spiro atoms. The van der Waals surface area contributed by atoms with Gasteiger partial charge in [0, 0.05) is 17.3 Å². The molecule has 1 N–H and O–H groups in total. The van der Waals surface area contributed by atoms with E-state index in [1.165, 1.54) is 31.4 Å². The summed E-state index contributed by atoms with van der Waals surface area (Å²) in [5, 5.41) is 9.13. The summed E-state index contributed by atoms with van der Waals surface area (Å²) in [5.41, 5.74) is 1.38. The van der Waals surface area contributed by atoms with Crippen LogP contribution in [0, 0.1) is 0 Å². The van der Waals surface area contributed by atoms with Crippen LogP contribution < -0.4 is 4.74 Å². The number of hydrogen-bond donors (Lipinski definition) is 1. The Bertz CT molecular complexity index is 1080. The van der Waals surface area contributed by atoms with Gasteiger partial charge >= 0.3 is 12.1 Å². The minimum absolute atomic E-state index is 0.101. The number of ether oxygens (including phenoxy) is 1. The lowest BCUT2D eigenvalue weighted by Gasteiger charge is -2.15. The highest BCUT2D eigenvalue weighted by atomic mass is 19.4. The number of halogens is 3. The molecule has 0 aliphatic carbocycles. The first kappa shape index (κ1) is 22.3. The lowest BCUT2D eigenvalue weighted by molar-refractivity contribution is -0.138. The lowest BCUT2D eigenvalue weighted by Crippen LogP contribution is -2.08. The van der Waals surface area contributed by atoms with Gasteiger partial charge in [0.1, 0.15) is 5.75 Å². The van der Waals surface area contributed by atoms with Crippen molar-refractivity contribution in [2.45, 2.75) is 32.4 Å². The van der Waals surface area contributed by atoms with Crippen LogP contribution in [0.2, 0.25) is 0 Å². The maximum Gasteiger partial charge on any atom is 0.419 e. The number of hydrogen-bond acceptors (Lipinski definition) is 4. The molecule has 0 aliphatic heterocycles. The molecule has 2 aromatic carbocycles. The molecule has 0 radical (unpaired) electrons. The Balaban J connectivity index is 2.17. The molecule has 5 nitrogen and oxygen atoms in total. The molecule has 0 fully saturated rings. The largest absolute Gasteiger partial charge is 0.496 e. The Hall–Kier alpha value is -3.42. The minimum atomic E-state index is -4.60. The molecule has 3 rings (SSSR count). The maximum atomic E-state index is 13.5. The van der Waals surface area contributed by atoms with Crippen LogP contribution in [0.25, 0.3) is 22.5 Å². The van der Waals surface area contributed by atoms with Crippen LogP contribution in [0.4, 0.5) is 13.2 Å². The minimum Gasteiger partial charge on any atom is -0.496 e. The van der Waals surface area contributed by atoms with Crippen molar-refractivity contribution in [1.82, 2.24) is 9.97 Å². The number of unbranched alkanes of at least 4 members (excludes halogenated alkanes) is 1. The summed E-state index contributed by atoms with van der Waals surface area (Å²) >= 11 is 0. The van der Waals surface area contributed by atoms with Gasteiger partial charge < -0.3 is 9.84 Å². The van der Waals surface area contributed by atoms with Gasteiger partial charge in [0.25, 0.3) is 0 Å². The molecule has 1 heterocycles. The second-order valence-corrected chi connectivity index (χ2v) is 6.96. The quantitative estimate of drug-likeness (QED) is 0.507. The van der Waals surface area contributed by atoms with Crippen molar-refractivity contribution < 1.29 is 27.8 Å². The van der Waals surface area contributed by atoms with Gasteiger partial charge in [0.15, 0.2) is 0 Å². The normalized spacial score (nSPS) is 11.4. The van der Waals surface area contributed by atoms with Gasteiger partial charge in [0.05, 0.1) is 35.3 Å².